The molecule has 4 aromatic rings. The zero-order chi connectivity index (χ0) is 27.5. The Bertz CT molecular complexity index is 1440. The minimum atomic E-state index is -1.47. The molecule has 202 valence electrons. The smallest absolute Gasteiger partial charge is 0.254 e. The molecule has 2 atom stereocenters. The number of pyridine rings is 1. The van der Waals surface area contributed by atoms with Crippen LogP contribution >= 0.6 is 0 Å². The number of halogens is 3. The van der Waals surface area contributed by atoms with Crippen molar-refractivity contribution in [2.75, 3.05) is 13.1 Å². The summed E-state index contributed by atoms with van der Waals surface area (Å²) >= 11 is 0. The second-order valence-corrected chi connectivity index (χ2v) is 9.62. The van der Waals surface area contributed by atoms with Gasteiger partial charge in [-0.1, -0.05) is 18.2 Å². The summed E-state index contributed by atoms with van der Waals surface area (Å²) in [7, 11) is 0. The van der Waals surface area contributed by atoms with Crippen molar-refractivity contribution in [3.05, 3.63) is 102 Å². The van der Waals surface area contributed by atoms with E-state index in [1.807, 2.05) is 43.0 Å². The van der Waals surface area contributed by atoms with Crippen molar-refractivity contribution < 1.29 is 27.6 Å². The first-order valence-corrected chi connectivity index (χ1v) is 12.5. The van der Waals surface area contributed by atoms with Crippen molar-refractivity contribution in [2.24, 2.45) is 0 Å². The molecule has 0 radical (unpaired) electrons. The van der Waals surface area contributed by atoms with Crippen molar-refractivity contribution in [2.45, 2.75) is 32.5 Å². The molecule has 0 saturated carbocycles. The highest BCUT2D eigenvalue weighted by Gasteiger charge is 2.33. The van der Waals surface area contributed by atoms with Gasteiger partial charge in [-0.15, -0.1) is 0 Å². The fourth-order valence-electron chi connectivity index (χ4n) is 5.01. The van der Waals surface area contributed by atoms with Crippen molar-refractivity contribution in [3.63, 3.8) is 0 Å². The van der Waals surface area contributed by atoms with Gasteiger partial charge in [-0.25, -0.2) is 13.2 Å². The van der Waals surface area contributed by atoms with E-state index in [-0.39, 0.29) is 24.5 Å². The lowest BCUT2D eigenvalue weighted by atomic mass is 10.0. The number of fused-ring (bicyclic) bond motifs is 1. The topological polar surface area (TPSA) is 66.9 Å². The number of amides is 1. The van der Waals surface area contributed by atoms with Crippen molar-refractivity contribution in [1.82, 2.24) is 20.4 Å². The molecule has 0 bridgehead atoms. The third-order valence-corrected chi connectivity index (χ3v) is 6.69. The Morgan fingerprint density at radius 1 is 0.949 bits per heavy atom. The van der Waals surface area contributed by atoms with Gasteiger partial charge in [0.25, 0.3) is 5.91 Å². The number of carbonyl (C=O) groups excluding carboxylic acids is 1. The molecule has 2 heterocycles. The summed E-state index contributed by atoms with van der Waals surface area (Å²) < 4.78 is 40.5. The average Bonchev–Trinajstić information content (AvgIpc) is 2.92. The number of carbonyl (C=O) groups is 1. The zero-order valence-electron chi connectivity index (χ0n) is 21.4. The summed E-state index contributed by atoms with van der Waals surface area (Å²) in [6.07, 6.45) is 1.68. The average molecular weight is 537 g/mol. The second-order valence-electron chi connectivity index (χ2n) is 9.62. The molecule has 10 heteroatoms. The summed E-state index contributed by atoms with van der Waals surface area (Å²) in [4.78, 5) is 32.4. The van der Waals surface area contributed by atoms with Gasteiger partial charge in [0.2, 0.25) is 0 Å². The van der Waals surface area contributed by atoms with E-state index in [4.69, 9.17) is 9.68 Å². The molecule has 1 fully saturated rings. The van der Waals surface area contributed by atoms with Gasteiger partial charge in [-0.05, 0) is 67.9 Å². The predicted octanol–water partition coefficient (Wildman–Crippen LogP) is 5.26. The first-order valence-electron chi connectivity index (χ1n) is 12.5. The minimum absolute atomic E-state index is 0.133. The zero-order valence-corrected chi connectivity index (χ0v) is 21.4. The highest BCUT2D eigenvalue weighted by Crippen LogP contribution is 2.24. The maximum Gasteiger partial charge on any atom is 0.254 e. The number of aromatic nitrogens is 1. The summed E-state index contributed by atoms with van der Waals surface area (Å²) in [6.45, 7) is 5.10. The molecule has 0 spiro atoms. The van der Waals surface area contributed by atoms with Crippen LogP contribution in [0.1, 0.15) is 29.8 Å². The SMILES string of the molecule is CC1CN(Cc2cc(F)c(F)c(F)c2)CC(C)N1C(=O)c1ccc(ONOc2cccc3cccnc23)cc1. The first-order chi connectivity index (χ1) is 18.8. The van der Waals surface area contributed by atoms with E-state index in [9.17, 15) is 18.0 Å². The van der Waals surface area contributed by atoms with Gasteiger partial charge in [-0.2, -0.15) is 0 Å². The van der Waals surface area contributed by atoms with E-state index in [1.54, 1.807) is 41.4 Å². The fraction of sp³-hybridized carbons (Fsp3) is 0.241. The molecule has 3 aromatic carbocycles. The van der Waals surface area contributed by atoms with Gasteiger partial charge >= 0.3 is 0 Å². The Kier molecular flexibility index (Phi) is 7.67. The second kappa shape index (κ2) is 11.3. The van der Waals surface area contributed by atoms with E-state index < -0.39 is 17.5 Å². The molecule has 2 unspecified atom stereocenters. The number of nitrogens with zero attached hydrogens (tertiary/aromatic N) is 3. The van der Waals surface area contributed by atoms with Crippen LogP contribution in [-0.4, -0.2) is 45.9 Å². The van der Waals surface area contributed by atoms with E-state index in [0.29, 0.717) is 41.2 Å². The number of rotatable bonds is 7. The quantitative estimate of drug-likeness (QED) is 0.257. The molecule has 1 N–H and O–H groups in total. The Balaban J connectivity index is 1.17. The van der Waals surface area contributed by atoms with Crippen LogP contribution in [0.3, 0.4) is 0 Å². The predicted molar refractivity (Wildman–Crippen MR) is 139 cm³/mol. The van der Waals surface area contributed by atoms with Gasteiger partial charge in [0, 0.05) is 54.5 Å². The molecule has 5 rings (SSSR count). The first kappa shape index (κ1) is 26.5. The molecule has 1 aliphatic heterocycles. The van der Waals surface area contributed by atoms with Crippen LogP contribution in [-0.2, 0) is 6.54 Å². The molecular formula is C29H27F3N4O3. The molecule has 1 saturated heterocycles. The third-order valence-electron chi connectivity index (χ3n) is 6.69. The maximum absolute atomic E-state index is 13.6. The molecule has 7 nitrogen and oxygen atoms in total. The summed E-state index contributed by atoms with van der Waals surface area (Å²) in [5, 5.41) is 0.933. The Morgan fingerprint density at radius 2 is 1.62 bits per heavy atom. The number of hydrogen-bond donors (Lipinski definition) is 1. The summed E-state index contributed by atoms with van der Waals surface area (Å²) in [5.74, 6) is -3.07. The van der Waals surface area contributed by atoms with Crippen LogP contribution < -0.4 is 15.3 Å². The van der Waals surface area contributed by atoms with Crippen molar-refractivity contribution in [1.29, 1.82) is 0 Å². The maximum atomic E-state index is 13.6. The molecular weight excluding hydrogens is 509 g/mol. The Morgan fingerprint density at radius 3 is 2.31 bits per heavy atom. The Hall–Kier alpha value is -4.15. The number of nitrogens with one attached hydrogen (secondary N) is 1. The third kappa shape index (κ3) is 5.81. The normalized spacial score (nSPS) is 17.8. The summed E-state index contributed by atoms with van der Waals surface area (Å²) in [6, 6.07) is 17.7. The van der Waals surface area contributed by atoms with Gasteiger partial charge < -0.3 is 14.6 Å². The number of piperazine rings is 1. The molecule has 0 aliphatic carbocycles. The highest BCUT2D eigenvalue weighted by molar-refractivity contribution is 5.94. The van der Waals surface area contributed by atoms with Gasteiger partial charge in [0.1, 0.15) is 5.52 Å². The van der Waals surface area contributed by atoms with Gasteiger partial charge in [0.05, 0.1) is 0 Å². The lowest BCUT2D eigenvalue weighted by molar-refractivity contribution is -0.0181. The molecule has 1 aromatic heterocycles. The Labute approximate surface area is 223 Å². The van der Waals surface area contributed by atoms with E-state index in [2.05, 4.69) is 10.6 Å². The van der Waals surface area contributed by atoms with E-state index in [1.165, 1.54) is 0 Å². The molecule has 1 aliphatic rings. The van der Waals surface area contributed by atoms with Crippen LogP contribution in [0.2, 0.25) is 0 Å². The summed E-state index contributed by atoms with van der Waals surface area (Å²) in [5.41, 5.74) is 3.99. The van der Waals surface area contributed by atoms with Crippen molar-refractivity contribution >= 4 is 16.8 Å². The number of hydrogen-bond acceptors (Lipinski definition) is 6. The van der Waals surface area contributed by atoms with Crippen molar-refractivity contribution in [3.8, 4) is 11.5 Å². The molecule has 39 heavy (non-hydrogen) atoms. The highest BCUT2D eigenvalue weighted by atomic mass is 19.2. The van der Waals surface area contributed by atoms with Crippen LogP contribution in [0, 0.1) is 17.5 Å². The number of benzene rings is 3. The van der Waals surface area contributed by atoms with Crippen LogP contribution in [0.4, 0.5) is 13.2 Å². The standard InChI is InChI=1S/C29H27F3N4O3/c1-18-15-35(17-20-13-24(30)27(32)25(31)14-20)16-19(2)36(18)29(37)22-8-10-23(11-9-22)38-34-39-26-7-3-5-21-6-4-12-33-28(21)26/h3-14,18-19,34H,15-17H2,1-2H3. The van der Waals surface area contributed by atoms with Gasteiger partial charge in [-0.3, -0.25) is 14.7 Å². The van der Waals surface area contributed by atoms with E-state index >= 15 is 0 Å². The lowest BCUT2D eigenvalue weighted by Gasteiger charge is -2.44. The van der Waals surface area contributed by atoms with Crippen LogP contribution in [0.5, 0.6) is 11.5 Å². The van der Waals surface area contributed by atoms with Crippen LogP contribution in [0.25, 0.3) is 10.9 Å². The number of para-hydroxylation sites is 1. The monoisotopic (exact) mass is 536 g/mol. The van der Waals surface area contributed by atoms with E-state index in [0.717, 1.165) is 17.5 Å². The fourth-order valence-corrected chi connectivity index (χ4v) is 5.01. The lowest BCUT2D eigenvalue weighted by Crippen LogP contribution is -2.58. The van der Waals surface area contributed by atoms with Gasteiger partial charge in [0.15, 0.2) is 29.0 Å². The van der Waals surface area contributed by atoms with Crippen LogP contribution in [0.15, 0.2) is 72.9 Å². The molecule has 1 amide bonds. The largest absolute Gasteiger partial charge is 0.374 e. The minimum Gasteiger partial charge on any atom is -0.374 e.